The van der Waals surface area contributed by atoms with Crippen molar-refractivity contribution in [2.45, 2.75) is 19.4 Å². The van der Waals surface area contributed by atoms with Gasteiger partial charge in [0.15, 0.2) is 0 Å². The van der Waals surface area contributed by atoms with Crippen molar-refractivity contribution in [2.24, 2.45) is 0 Å². The summed E-state index contributed by atoms with van der Waals surface area (Å²) in [7, 11) is 0. The van der Waals surface area contributed by atoms with E-state index in [2.05, 4.69) is 25.3 Å². The van der Waals surface area contributed by atoms with Crippen molar-refractivity contribution < 1.29 is 4.74 Å². The zero-order chi connectivity index (χ0) is 20.9. The Hall–Kier alpha value is -3.04. The number of rotatable bonds is 7. The fourth-order valence-electron chi connectivity index (χ4n) is 3.61. The predicted molar refractivity (Wildman–Crippen MR) is 115 cm³/mol. The van der Waals surface area contributed by atoms with Gasteiger partial charge in [-0.15, -0.1) is 0 Å². The molecule has 1 aliphatic heterocycles. The molecule has 1 aromatic carbocycles. The van der Waals surface area contributed by atoms with Crippen LogP contribution in [0.1, 0.15) is 25.1 Å². The Morgan fingerprint density at radius 2 is 2.03 bits per heavy atom. The average molecular weight is 410 g/mol. The van der Waals surface area contributed by atoms with Gasteiger partial charge in [-0.05, 0) is 26.0 Å². The number of nitrogens with zero attached hydrogens (tertiary/aromatic N) is 4. The Balaban J connectivity index is 1.46. The third-order valence-electron chi connectivity index (χ3n) is 5.32. The summed E-state index contributed by atoms with van der Waals surface area (Å²) in [5, 5.41) is 8.84. The zero-order valence-corrected chi connectivity index (χ0v) is 17.0. The smallest absolute Gasteiger partial charge is 0.275 e. The van der Waals surface area contributed by atoms with E-state index in [1.165, 1.54) is 10.7 Å². The van der Waals surface area contributed by atoms with Crippen LogP contribution in [0.4, 0.5) is 5.95 Å². The lowest BCUT2D eigenvalue weighted by Gasteiger charge is -2.26. The third-order valence-corrected chi connectivity index (χ3v) is 5.32. The topological polar surface area (TPSA) is 105 Å². The van der Waals surface area contributed by atoms with E-state index in [0.29, 0.717) is 23.6 Å². The van der Waals surface area contributed by atoms with E-state index in [0.717, 1.165) is 44.7 Å². The lowest BCUT2D eigenvalue weighted by Crippen LogP contribution is -2.37. The molecule has 9 nitrogen and oxygen atoms in total. The van der Waals surface area contributed by atoms with E-state index >= 15 is 0 Å². The third kappa shape index (κ3) is 4.58. The second kappa shape index (κ2) is 9.19. The van der Waals surface area contributed by atoms with Gasteiger partial charge >= 0.3 is 0 Å². The molecular formula is C21H26N6O3. The molecule has 2 aromatic heterocycles. The van der Waals surface area contributed by atoms with Gasteiger partial charge in [0.05, 0.1) is 36.5 Å². The quantitative estimate of drug-likeness (QED) is 0.564. The Morgan fingerprint density at radius 1 is 1.23 bits per heavy atom. The molecule has 1 saturated heterocycles. The Bertz CT molecular complexity index is 1120. The van der Waals surface area contributed by atoms with Crippen LogP contribution in [0.3, 0.4) is 0 Å². The summed E-state index contributed by atoms with van der Waals surface area (Å²) < 4.78 is 6.72. The monoisotopic (exact) mass is 410 g/mol. The number of nitrogens with one attached hydrogen (secondary N) is 2. The summed E-state index contributed by atoms with van der Waals surface area (Å²) in [5.41, 5.74) is 0.0124. The molecule has 3 heterocycles. The molecule has 1 unspecified atom stereocenters. The molecule has 0 amide bonds. The first kappa shape index (κ1) is 20.2. The molecular weight excluding hydrogens is 384 g/mol. The van der Waals surface area contributed by atoms with E-state index in [-0.39, 0.29) is 11.1 Å². The lowest BCUT2D eigenvalue weighted by atomic mass is 10.2. The number of aromatic nitrogens is 4. The Labute approximate surface area is 173 Å². The van der Waals surface area contributed by atoms with Gasteiger partial charge in [0.25, 0.3) is 11.1 Å². The highest BCUT2D eigenvalue weighted by Gasteiger charge is 2.16. The second-order valence-corrected chi connectivity index (χ2v) is 7.41. The van der Waals surface area contributed by atoms with Crippen LogP contribution < -0.4 is 16.4 Å². The first-order valence-electron chi connectivity index (χ1n) is 10.2. The highest BCUT2D eigenvalue weighted by atomic mass is 16.5. The molecule has 0 radical (unpaired) electrons. The van der Waals surface area contributed by atoms with E-state index in [1.807, 2.05) is 25.1 Å². The van der Waals surface area contributed by atoms with Crippen molar-refractivity contribution in [3.05, 3.63) is 62.9 Å². The molecule has 1 aliphatic rings. The van der Waals surface area contributed by atoms with Gasteiger partial charge in [0.1, 0.15) is 0 Å². The lowest BCUT2D eigenvalue weighted by molar-refractivity contribution is 0.0378. The molecule has 30 heavy (non-hydrogen) atoms. The fraction of sp³-hybridized carbons (Fsp3) is 0.429. The van der Waals surface area contributed by atoms with Gasteiger partial charge in [-0.3, -0.25) is 19.5 Å². The summed E-state index contributed by atoms with van der Waals surface area (Å²) >= 11 is 0. The number of morpholine rings is 1. The minimum Gasteiger partial charge on any atom is -0.379 e. The number of fused-ring (bicyclic) bond motifs is 1. The summed E-state index contributed by atoms with van der Waals surface area (Å²) in [6.45, 7) is 6.94. The molecule has 2 N–H and O–H groups in total. The summed E-state index contributed by atoms with van der Waals surface area (Å²) in [6.07, 6.45) is 2.58. The number of hydrogen-bond donors (Lipinski definition) is 2. The Morgan fingerprint density at radius 3 is 2.87 bits per heavy atom. The standard InChI is InChI=1S/C21H26N6O3/c1-15(27-20(29)17-6-3-2-5-16(17)14-23-27)18-13-19(28)25-21(24-18)22-7-4-8-26-9-11-30-12-10-26/h2-3,5-6,13-15H,4,7-12H2,1H3,(H2,22,24,25,28). The fourth-order valence-corrected chi connectivity index (χ4v) is 3.61. The predicted octanol–water partition coefficient (Wildman–Crippen LogP) is 1.22. The summed E-state index contributed by atoms with van der Waals surface area (Å²) in [4.78, 5) is 34.6. The van der Waals surface area contributed by atoms with Crippen molar-refractivity contribution in [1.82, 2.24) is 24.6 Å². The van der Waals surface area contributed by atoms with Crippen LogP contribution in [0.2, 0.25) is 0 Å². The van der Waals surface area contributed by atoms with Gasteiger partial charge < -0.3 is 10.1 Å². The van der Waals surface area contributed by atoms with Crippen LogP contribution in [0, 0.1) is 0 Å². The van der Waals surface area contributed by atoms with Crippen molar-refractivity contribution in [2.75, 3.05) is 44.7 Å². The van der Waals surface area contributed by atoms with Gasteiger partial charge in [-0.2, -0.15) is 5.10 Å². The maximum atomic E-state index is 12.8. The van der Waals surface area contributed by atoms with Crippen LogP contribution >= 0.6 is 0 Å². The van der Waals surface area contributed by atoms with Gasteiger partial charge in [-0.25, -0.2) is 9.67 Å². The number of aromatic amines is 1. The van der Waals surface area contributed by atoms with Crippen LogP contribution in [0.5, 0.6) is 0 Å². The molecule has 1 atom stereocenters. The number of ether oxygens (including phenoxy) is 1. The van der Waals surface area contributed by atoms with Crippen LogP contribution in [0.15, 0.2) is 46.1 Å². The first-order valence-corrected chi connectivity index (χ1v) is 10.2. The number of hydrogen-bond acceptors (Lipinski definition) is 7. The molecule has 158 valence electrons. The number of anilines is 1. The van der Waals surface area contributed by atoms with E-state index < -0.39 is 6.04 Å². The second-order valence-electron chi connectivity index (χ2n) is 7.41. The van der Waals surface area contributed by atoms with Crippen molar-refractivity contribution in [3.63, 3.8) is 0 Å². The number of H-pyrrole nitrogens is 1. The minimum absolute atomic E-state index is 0.206. The van der Waals surface area contributed by atoms with Crippen molar-refractivity contribution in [1.29, 1.82) is 0 Å². The van der Waals surface area contributed by atoms with Crippen LogP contribution in [0.25, 0.3) is 10.8 Å². The van der Waals surface area contributed by atoms with Gasteiger partial charge in [0.2, 0.25) is 5.95 Å². The summed E-state index contributed by atoms with van der Waals surface area (Å²) in [6, 6.07) is 8.25. The number of benzene rings is 1. The molecule has 0 aliphatic carbocycles. The zero-order valence-electron chi connectivity index (χ0n) is 17.0. The SMILES string of the molecule is CC(c1cc(=O)[nH]c(NCCCN2CCOCC2)n1)n1ncc2ccccc2c1=O. The minimum atomic E-state index is -0.474. The largest absolute Gasteiger partial charge is 0.379 e. The van der Waals surface area contributed by atoms with Gasteiger partial charge in [0, 0.05) is 31.1 Å². The normalized spacial score (nSPS) is 15.9. The van der Waals surface area contributed by atoms with Crippen LogP contribution in [-0.4, -0.2) is 64.0 Å². The Kier molecular flexibility index (Phi) is 6.20. The first-order chi connectivity index (χ1) is 14.6. The molecule has 0 bridgehead atoms. The average Bonchev–Trinajstić information content (AvgIpc) is 2.77. The van der Waals surface area contributed by atoms with Crippen molar-refractivity contribution in [3.8, 4) is 0 Å². The molecule has 3 aromatic rings. The van der Waals surface area contributed by atoms with Crippen molar-refractivity contribution >= 4 is 16.7 Å². The summed E-state index contributed by atoms with van der Waals surface area (Å²) in [5.74, 6) is 0.403. The molecule has 1 fully saturated rings. The van der Waals surface area contributed by atoms with E-state index in [4.69, 9.17) is 4.74 Å². The van der Waals surface area contributed by atoms with Gasteiger partial charge in [-0.1, -0.05) is 18.2 Å². The molecule has 4 rings (SSSR count). The highest BCUT2D eigenvalue weighted by Crippen LogP contribution is 2.14. The molecule has 0 saturated carbocycles. The van der Waals surface area contributed by atoms with Crippen LogP contribution in [-0.2, 0) is 4.74 Å². The highest BCUT2D eigenvalue weighted by molar-refractivity contribution is 5.80. The van der Waals surface area contributed by atoms with E-state index in [9.17, 15) is 9.59 Å². The molecule has 0 spiro atoms. The van der Waals surface area contributed by atoms with E-state index in [1.54, 1.807) is 12.3 Å². The maximum Gasteiger partial charge on any atom is 0.275 e. The maximum absolute atomic E-state index is 12.8. The molecule has 9 heteroatoms.